The summed E-state index contributed by atoms with van der Waals surface area (Å²) in [6.45, 7) is 1.88. The van der Waals surface area contributed by atoms with Crippen molar-refractivity contribution in [3.8, 4) is 0 Å². The third-order valence-corrected chi connectivity index (χ3v) is 0.760. The van der Waals surface area contributed by atoms with E-state index in [1.165, 1.54) is 0 Å². The summed E-state index contributed by atoms with van der Waals surface area (Å²) in [6.07, 6.45) is 0. The molecule has 1 radical (unpaired) electrons. The molecule has 0 bridgehead atoms. The minimum atomic E-state index is -1.31. The van der Waals surface area contributed by atoms with E-state index in [0.29, 0.717) is 0 Å². The van der Waals surface area contributed by atoms with Crippen LogP contribution in [0.5, 0.6) is 0 Å². The zero-order valence-electron chi connectivity index (χ0n) is 6.34. The van der Waals surface area contributed by atoms with E-state index in [-0.39, 0.29) is 22.4 Å². The summed E-state index contributed by atoms with van der Waals surface area (Å²) in [5, 5.41) is 0. The van der Waals surface area contributed by atoms with Crippen LogP contribution in [0.1, 0.15) is 13.8 Å². The Labute approximate surface area is 84.0 Å². The number of Topliss-reactive ketones (excluding diaryl/α,β-unsaturated/α-hetero) is 2. The standard InChI is InChI=1S/C6H6O5.Ag/c1-3(7)5(9)11-6(10)4(2)8;/h1-2H3;. The van der Waals surface area contributed by atoms with Crippen LogP contribution in [0.15, 0.2) is 0 Å². The fraction of sp³-hybridized carbons (Fsp3) is 0.333. The van der Waals surface area contributed by atoms with Crippen LogP contribution in [-0.4, -0.2) is 23.5 Å². The minimum Gasteiger partial charge on any atom is -0.381 e. The van der Waals surface area contributed by atoms with Crippen molar-refractivity contribution in [1.82, 2.24) is 0 Å². The predicted octanol–water partition coefficient (Wildman–Crippen LogP) is -0.768. The summed E-state index contributed by atoms with van der Waals surface area (Å²) in [7, 11) is 0. The van der Waals surface area contributed by atoms with Gasteiger partial charge in [0.2, 0.25) is 11.6 Å². The molecule has 0 aliphatic carbocycles. The van der Waals surface area contributed by atoms with Gasteiger partial charge in [-0.15, -0.1) is 0 Å². The largest absolute Gasteiger partial charge is 0.382 e. The van der Waals surface area contributed by atoms with Crippen molar-refractivity contribution in [2.24, 2.45) is 0 Å². The van der Waals surface area contributed by atoms with Crippen molar-refractivity contribution >= 4 is 23.5 Å². The average molecular weight is 266 g/mol. The summed E-state index contributed by atoms with van der Waals surface area (Å²) in [6, 6.07) is 0. The monoisotopic (exact) mass is 265 g/mol. The Balaban J connectivity index is 0. The van der Waals surface area contributed by atoms with E-state index in [4.69, 9.17) is 0 Å². The van der Waals surface area contributed by atoms with E-state index in [1.54, 1.807) is 0 Å². The molecule has 0 aromatic carbocycles. The van der Waals surface area contributed by atoms with Gasteiger partial charge in [-0.3, -0.25) is 9.59 Å². The van der Waals surface area contributed by atoms with E-state index in [1.807, 2.05) is 0 Å². The molecule has 0 saturated heterocycles. The Morgan fingerprint density at radius 3 is 1.25 bits per heavy atom. The van der Waals surface area contributed by atoms with Gasteiger partial charge in [0, 0.05) is 36.2 Å². The first-order chi connectivity index (χ1) is 4.95. The van der Waals surface area contributed by atoms with E-state index in [2.05, 4.69) is 4.74 Å². The van der Waals surface area contributed by atoms with E-state index in [9.17, 15) is 19.2 Å². The zero-order valence-corrected chi connectivity index (χ0v) is 7.83. The number of ketones is 2. The van der Waals surface area contributed by atoms with E-state index < -0.39 is 23.5 Å². The quantitative estimate of drug-likeness (QED) is 0.284. The molecule has 0 rings (SSSR count). The maximum atomic E-state index is 10.3. The molecule has 0 saturated carbocycles. The van der Waals surface area contributed by atoms with Gasteiger partial charge in [-0.1, -0.05) is 0 Å². The number of hydrogen-bond acceptors (Lipinski definition) is 5. The van der Waals surface area contributed by atoms with Gasteiger partial charge in [0.1, 0.15) is 0 Å². The molecule has 0 aromatic heterocycles. The first-order valence-electron chi connectivity index (χ1n) is 2.72. The van der Waals surface area contributed by atoms with E-state index in [0.717, 1.165) is 13.8 Å². The molecule has 0 aliphatic rings. The number of hydrogen-bond donors (Lipinski definition) is 0. The van der Waals surface area contributed by atoms with Gasteiger partial charge >= 0.3 is 11.9 Å². The first kappa shape index (κ1) is 13.8. The molecule has 0 spiro atoms. The zero-order chi connectivity index (χ0) is 9.02. The normalized spacial score (nSPS) is 7.83. The average Bonchev–Trinajstić information content (AvgIpc) is 1.87. The smallest absolute Gasteiger partial charge is 0.381 e. The number of carbonyl (C=O) groups excluding carboxylic acids is 4. The van der Waals surface area contributed by atoms with Gasteiger partial charge in [0.25, 0.3) is 0 Å². The third-order valence-electron chi connectivity index (χ3n) is 0.760. The maximum absolute atomic E-state index is 10.3. The molecule has 0 atom stereocenters. The number of esters is 2. The Morgan fingerprint density at radius 2 is 1.08 bits per heavy atom. The Kier molecular flexibility index (Phi) is 6.68. The van der Waals surface area contributed by atoms with Gasteiger partial charge < -0.3 is 4.74 Å². The Bertz CT molecular complexity index is 208. The van der Waals surface area contributed by atoms with Crippen LogP contribution in [0.4, 0.5) is 0 Å². The number of rotatable bonds is 2. The topological polar surface area (TPSA) is 77.5 Å². The second-order valence-electron chi connectivity index (χ2n) is 1.79. The van der Waals surface area contributed by atoms with Crippen molar-refractivity contribution in [3.05, 3.63) is 0 Å². The van der Waals surface area contributed by atoms with Crippen molar-refractivity contribution in [3.63, 3.8) is 0 Å². The van der Waals surface area contributed by atoms with Gasteiger partial charge in [-0.25, -0.2) is 9.59 Å². The molecule has 5 nitrogen and oxygen atoms in total. The predicted molar refractivity (Wildman–Crippen MR) is 32.5 cm³/mol. The molecule has 0 amide bonds. The van der Waals surface area contributed by atoms with Gasteiger partial charge in [0.05, 0.1) is 0 Å². The first-order valence-corrected chi connectivity index (χ1v) is 2.72. The minimum absolute atomic E-state index is 0. The van der Waals surface area contributed by atoms with Gasteiger partial charge in [-0.2, -0.15) is 0 Å². The van der Waals surface area contributed by atoms with Crippen LogP contribution in [0.25, 0.3) is 0 Å². The molecule has 0 heterocycles. The molecular weight excluding hydrogens is 260 g/mol. The summed E-state index contributed by atoms with van der Waals surface area (Å²) in [5.74, 6) is -4.46. The third kappa shape index (κ3) is 4.95. The second kappa shape index (κ2) is 5.82. The number of ether oxygens (including phenoxy) is 1. The van der Waals surface area contributed by atoms with Crippen molar-refractivity contribution in [2.75, 3.05) is 0 Å². The van der Waals surface area contributed by atoms with Crippen LogP contribution < -0.4 is 0 Å². The molecule has 0 fully saturated rings. The summed E-state index contributed by atoms with van der Waals surface area (Å²) in [4.78, 5) is 41.0. The molecule has 12 heavy (non-hydrogen) atoms. The van der Waals surface area contributed by atoms with Gasteiger partial charge in [0.15, 0.2) is 0 Å². The molecule has 0 aromatic rings. The fourth-order valence-electron chi connectivity index (χ4n) is 0.228. The molecule has 0 aliphatic heterocycles. The van der Waals surface area contributed by atoms with Crippen LogP contribution in [-0.2, 0) is 46.3 Å². The summed E-state index contributed by atoms with van der Waals surface area (Å²) < 4.78 is 3.80. The molecule has 6 heteroatoms. The van der Waals surface area contributed by atoms with Gasteiger partial charge in [-0.05, 0) is 0 Å². The maximum Gasteiger partial charge on any atom is 0.382 e. The second-order valence-corrected chi connectivity index (χ2v) is 1.79. The van der Waals surface area contributed by atoms with Crippen molar-refractivity contribution in [1.29, 1.82) is 0 Å². The molecular formula is C6H6AgO5. The summed E-state index contributed by atoms with van der Waals surface area (Å²) >= 11 is 0. The van der Waals surface area contributed by atoms with Crippen LogP contribution in [0.3, 0.4) is 0 Å². The number of carbonyl (C=O) groups is 4. The Morgan fingerprint density at radius 1 is 0.833 bits per heavy atom. The van der Waals surface area contributed by atoms with Crippen LogP contribution in [0.2, 0.25) is 0 Å². The SMILES string of the molecule is CC(=O)C(=O)OC(=O)C(C)=O.[Ag]. The van der Waals surface area contributed by atoms with Crippen LogP contribution >= 0.6 is 0 Å². The molecule has 0 unspecified atom stereocenters. The van der Waals surface area contributed by atoms with Crippen molar-refractivity contribution < 1.29 is 46.3 Å². The Hall–Kier alpha value is -0.780. The van der Waals surface area contributed by atoms with Crippen molar-refractivity contribution in [2.45, 2.75) is 13.8 Å². The van der Waals surface area contributed by atoms with E-state index >= 15 is 0 Å². The molecule has 0 N–H and O–H groups in total. The van der Waals surface area contributed by atoms with Crippen LogP contribution in [0, 0.1) is 0 Å². The molecule has 71 valence electrons. The fourth-order valence-corrected chi connectivity index (χ4v) is 0.228. The summed E-state index contributed by atoms with van der Waals surface area (Å²) in [5.41, 5.74) is 0.